The van der Waals surface area contributed by atoms with Crippen LogP contribution in [0.4, 0.5) is 0 Å². The molecule has 3 atom stereocenters. The molecule has 0 radical (unpaired) electrons. The highest BCUT2D eigenvalue weighted by Crippen LogP contribution is 2.61. The Balaban J connectivity index is 1.99. The third-order valence-corrected chi connectivity index (χ3v) is 6.84. The van der Waals surface area contributed by atoms with Crippen molar-refractivity contribution in [2.45, 2.75) is 37.6 Å². The number of phenolic OH excluding ortho intramolecular Hbond substituents is 1. The summed E-state index contributed by atoms with van der Waals surface area (Å²) in [6, 6.07) is 4.64. The van der Waals surface area contributed by atoms with Crippen LogP contribution in [0.1, 0.15) is 30.9 Å². The minimum Gasteiger partial charge on any atom is -0.504 e. The molecule has 22 heavy (non-hydrogen) atoms. The van der Waals surface area contributed by atoms with Gasteiger partial charge in [-0.15, -0.1) is 0 Å². The highest BCUT2D eigenvalue weighted by molar-refractivity contribution is 5.57. The number of rotatable bonds is 1. The van der Waals surface area contributed by atoms with E-state index in [0.29, 0.717) is 17.5 Å². The molecule has 2 bridgehead atoms. The quantitative estimate of drug-likeness (QED) is 0.832. The highest BCUT2D eigenvalue weighted by atomic mass is 16.5. The topological polar surface area (TPSA) is 44.7 Å². The van der Waals surface area contributed by atoms with Crippen LogP contribution in [0.25, 0.3) is 0 Å². The Hall–Kier alpha value is -1.26. The van der Waals surface area contributed by atoms with E-state index in [-0.39, 0.29) is 10.8 Å². The summed E-state index contributed by atoms with van der Waals surface area (Å²) in [5.41, 5.74) is 2.69. The van der Waals surface area contributed by atoms with Crippen molar-refractivity contribution in [1.29, 1.82) is 0 Å². The molecule has 0 spiro atoms. The summed E-state index contributed by atoms with van der Waals surface area (Å²) in [6.07, 6.45) is 3.29. The molecule has 1 aliphatic carbocycles. The number of methoxy groups -OCH3 is 1. The monoisotopic (exact) mass is 302 g/mol. The summed E-state index contributed by atoms with van der Waals surface area (Å²) in [6.45, 7) is 5.57. The molecular formula is C18H26N2O2. The first kappa shape index (κ1) is 14.3. The first-order valence-corrected chi connectivity index (χ1v) is 8.34. The summed E-state index contributed by atoms with van der Waals surface area (Å²) in [7, 11) is 3.90. The zero-order chi connectivity index (χ0) is 15.5. The Morgan fingerprint density at radius 2 is 2.18 bits per heavy atom. The molecule has 1 aromatic carbocycles. The van der Waals surface area contributed by atoms with Crippen LogP contribution in [0.5, 0.6) is 11.5 Å². The van der Waals surface area contributed by atoms with E-state index in [4.69, 9.17) is 4.74 Å². The van der Waals surface area contributed by atoms with Crippen LogP contribution in [0, 0.1) is 5.41 Å². The zero-order valence-electron chi connectivity index (χ0n) is 13.8. The van der Waals surface area contributed by atoms with Gasteiger partial charge in [-0.25, -0.2) is 0 Å². The SMILES string of the molecule is COc1ccc2c(c1O)[C@]13CCN(C)[C@H](C2)[C@]1(C)CCNC3. The molecule has 0 unspecified atom stereocenters. The van der Waals surface area contributed by atoms with Gasteiger partial charge in [0.1, 0.15) is 0 Å². The molecule has 2 heterocycles. The van der Waals surface area contributed by atoms with Gasteiger partial charge in [0, 0.05) is 23.6 Å². The van der Waals surface area contributed by atoms with Crippen LogP contribution < -0.4 is 10.1 Å². The number of aromatic hydroxyl groups is 1. The maximum Gasteiger partial charge on any atom is 0.161 e. The maximum absolute atomic E-state index is 10.9. The van der Waals surface area contributed by atoms with Crippen molar-refractivity contribution in [1.82, 2.24) is 10.2 Å². The molecule has 1 aromatic rings. The second kappa shape index (κ2) is 4.62. The molecule has 4 rings (SSSR count). The molecule has 0 aromatic heterocycles. The van der Waals surface area contributed by atoms with Gasteiger partial charge in [-0.3, -0.25) is 0 Å². The lowest BCUT2D eigenvalue weighted by molar-refractivity contribution is -0.0663. The summed E-state index contributed by atoms with van der Waals surface area (Å²) in [5.74, 6) is 0.983. The molecule has 2 fully saturated rings. The Morgan fingerprint density at radius 3 is 2.95 bits per heavy atom. The summed E-state index contributed by atoms with van der Waals surface area (Å²) >= 11 is 0. The van der Waals surface area contributed by atoms with Crippen molar-refractivity contribution in [2.24, 2.45) is 5.41 Å². The molecule has 4 nitrogen and oxygen atoms in total. The van der Waals surface area contributed by atoms with Crippen molar-refractivity contribution < 1.29 is 9.84 Å². The van der Waals surface area contributed by atoms with Crippen LogP contribution >= 0.6 is 0 Å². The van der Waals surface area contributed by atoms with Crippen LogP contribution in [0.15, 0.2) is 12.1 Å². The zero-order valence-corrected chi connectivity index (χ0v) is 13.8. The minimum absolute atomic E-state index is 0.0225. The number of nitrogens with one attached hydrogen (secondary N) is 1. The average Bonchev–Trinajstić information content (AvgIpc) is 2.51. The molecule has 2 aliphatic heterocycles. The van der Waals surface area contributed by atoms with E-state index in [1.807, 2.05) is 6.07 Å². The average molecular weight is 302 g/mol. The van der Waals surface area contributed by atoms with Crippen molar-refractivity contribution in [3.8, 4) is 11.5 Å². The number of nitrogens with zero attached hydrogens (tertiary/aromatic N) is 1. The molecular weight excluding hydrogens is 276 g/mol. The number of fused-ring (bicyclic) bond motifs is 1. The van der Waals surface area contributed by atoms with Crippen molar-refractivity contribution in [3.63, 3.8) is 0 Å². The number of hydrogen-bond acceptors (Lipinski definition) is 4. The summed E-state index contributed by atoms with van der Waals surface area (Å²) in [4.78, 5) is 2.54. The van der Waals surface area contributed by atoms with Gasteiger partial charge >= 0.3 is 0 Å². The van der Waals surface area contributed by atoms with E-state index in [0.717, 1.165) is 44.5 Å². The van der Waals surface area contributed by atoms with Crippen molar-refractivity contribution >= 4 is 0 Å². The molecule has 0 amide bonds. The van der Waals surface area contributed by atoms with Gasteiger partial charge in [-0.2, -0.15) is 0 Å². The maximum atomic E-state index is 10.9. The Morgan fingerprint density at radius 1 is 1.36 bits per heavy atom. The lowest BCUT2D eigenvalue weighted by atomic mass is 9.47. The smallest absolute Gasteiger partial charge is 0.161 e. The molecule has 2 saturated heterocycles. The van der Waals surface area contributed by atoms with Crippen LogP contribution in [0.3, 0.4) is 0 Å². The van der Waals surface area contributed by atoms with Crippen LogP contribution in [-0.2, 0) is 11.8 Å². The second-order valence-electron chi connectivity index (χ2n) is 7.53. The minimum atomic E-state index is 0.0225. The predicted molar refractivity (Wildman–Crippen MR) is 86.7 cm³/mol. The van der Waals surface area contributed by atoms with Gasteiger partial charge in [0.15, 0.2) is 11.5 Å². The molecule has 3 aliphatic rings. The number of phenols is 1. The number of piperidine rings is 2. The fourth-order valence-electron chi connectivity index (χ4n) is 5.53. The molecule has 4 heteroatoms. The largest absolute Gasteiger partial charge is 0.504 e. The predicted octanol–water partition coefficient (Wildman–Crippen LogP) is 1.90. The standard InChI is InChI=1S/C18H26N2O2/c1-17-6-8-19-11-18(17)7-9-20(2)14(17)10-12-4-5-13(22-3)16(21)15(12)18/h4-5,14,19,21H,6-11H2,1-3H3/t14-,17+,18-/m1/s1. The van der Waals surface area contributed by atoms with E-state index in [1.54, 1.807) is 7.11 Å². The fourth-order valence-corrected chi connectivity index (χ4v) is 5.53. The Kier molecular flexibility index (Phi) is 3.01. The van der Waals surface area contributed by atoms with Gasteiger partial charge < -0.3 is 20.1 Å². The second-order valence-corrected chi connectivity index (χ2v) is 7.53. The van der Waals surface area contributed by atoms with Crippen LogP contribution in [0.2, 0.25) is 0 Å². The summed E-state index contributed by atoms with van der Waals surface area (Å²) < 4.78 is 5.40. The van der Waals surface area contributed by atoms with Gasteiger partial charge in [0.25, 0.3) is 0 Å². The number of ether oxygens (including phenoxy) is 1. The third-order valence-electron chi connectivity index (χ3n) is 6.84. The van der Waals surface area contributed by atoms with E-state index in [1.165, 1.54) is 5.56 Å². The van der Waals surface area contributed by atoms with Crippen molar-refractivity contribution in [3.05, 3.63) is 23.3 Å². The first-order chi connectivity index (χ1) is 10.5. The lowest BCUT2D eigenvalue weighted by Gasteiger charge is -2.64. The van der Waals surface area contributed by atoms with E-state index in [9.17, 15) is 5.11 Å². The molecule has 2 N–H and O–H groups in total. The Labute approximate surface area is 132 Å². The van der Waals surface area contributed by atoms with E-state index >= 15 is 0 Å². The number of likely N-dealkylation sites (N-methyl/N-ethyl adjacent to an activating group) is 1. The Bertz CT molecular complexity index is 617. The van der Waals surface area contributed by atoms with Gasteiger partial charge in [-0.1, -0.05) is 13.0 Å². The first-order valence-electron chi connectivity index (χ1n) is 8.34. The highest BCUT2D eigenvalue weighted by Gasteiger charge is 2.61. The third kappa shape index (κ3) is 1.55. The fraction of sp³-hybridized carbons (Fsp3) is 0.667. The van der Waals surface area contributed by atoms with Crippen LogP contribution in [-0.4, -0.2) is 49.8 Å². The number of hydrogen-bond donors (Lipinski definition) is 2. The van der Waals surface area contributed by atoms with Crippen molar-refractivity contribution in [2.75, 3.05) is 33.8 Å². The van der Waals surface area contributed by atoms with E-state index in [2.05, 4.69) is 30.3 Å². The molecule has 0 saturated carbocycles. The number of likely N-dealkylation sites (tertiary alicyclic amines) is 1. The lowest BCUT2D eigenvalue weighted by Crippen LogP contribution is -2.70. The van der Waals surface area contributed by atoms with E-state index < -0.39 is 0 Å². The van der Waals surface area contributed by atoms with Gasteiger partial charge in [-0.05, 0) is 56.4 Å². The summed E-state index contributed by atoms with van der Waals surface area (Å²) in [5, 5.41) is 14.5. The molecule has 120 valence electrons. The number of benzene rings is 1. The van der Waals surface area contributed by atoms with Gasteiger partial charge in [0.05, 0.1) is 7.11 Å². The normalized spacial score (nSPS) is 37.3. The van der Waals surface area contributed by atoms with Gasteiger partial charge in [0.2, 0.25) is 0 Å².